The van der Waals surface area contributed by atoms with E-state index < -0.39 is 0 Å². The van der Waals surface area contributed by atoms with E-state index in [-0.39, 0.29) is 5.97 Å². The number of esters is 1. The van der Waals surface area contributed by atoms with Crippen LogP contribution in [0, 0.1) is 0 Å². The average Bonchev–Trinajstić information content (AvgIpc) is 3.32. The summed E-state index contributed by atoms with van der Waals surface area (Å²) in [6, 6.07) is 15.0. The van der Waals surface area contributed by atoms with Crippen LogP contribution in [-0.2, 0) is 11.2 Å². The van der Waals surface area contributed by atoms with Crippen LogP contribution in [0.15, 0.2) is 42.5 Å². The zero-order chi connectivity index (χ0) is 19.8. The number of fused-ring (bicyclic) bond motifs is 1. The van der Waals surface area contributed by atoms with Gasteiger partial charge in [-0.3, -0.25) is 4.90 Å². The van der Waals surface area contributed by atoms with Crippen molar-refractivity contribution in [1.29, 1.82) is 0 Å². The Labute approximate surface area is 172 Å². The standard InChI is InChI=1S/C23H27ClN2O2/c1-25(2)21-14-26(20-12-11-16-5-4-6-19(24)22(16)20)13-18(21)15-7-9-17(10-8-15)23(27)28-3/h4-10,18,20-21H,11-14H2,1-3H3/t18-,20?,21+/m1/s1. The molecule has 1 unspecified atom stereocenters. The number of benzene rings is 2. The molecule has 0 aromatic heterocycles. The molecule has 148 valence electrons. The van der Waals surface area contributed by atoms with Crippen molar-refractivity contribution < 1.29 is 9.53 Å². The molecule has 2 aromatic carbocycles. The highest BCUT2D eigenvalue weighted by Gasteiger charge is 2.40. The molecule has 1 fully saturated rings. The van der Waals surface area contributed by atoms with Crippen LogP contribution in [0.4, 0.5) is 0 Å². The van der Waals surface area contributed by atoms with Crippen LogP contribution in [0.2, 0.25) is 5.02 Å². The van der Waals surface area contributed by atoms with Crippen molar-refractivity contribution in [1.82, 2.24) is 9.80 Å². The van der Waals surface area contributed by atoms with Gasteiger partial charge in [0, 0.05) is 36.1 Å². The monoisotopic (exact) mass is 398 g/mol. The van der Waals surface area contributed by atoms with Gasteiger partial charge in [-0.25, -0.2) is 4.79 Å². The smallest absolute Gasteiger partial charge is 0.337 e. The minimum atomic E-state index is -0.291. The summed E-state index contributed by atoms with van der Waals surface area (Å²) in [5, 5.41) is 0.896. The number of carbonyl (C=O) groups is 1. The molecule has 0 amide bonds. The number of ether oxygens (including phenoxy) is 1. The Morgan fingerprint density at radius 1 is 1.14 bits per heavy atom. The fourth-order valence-corrected chi connectivity index (χ4v) is 5.20. The van der Waals surface area contributed by atoms with Gasteiger partial charge in [0.2, 0.25) is 0 Å². The summed E-state index contributed by atoms with van der Waals surface area (Å²) >= 11 is 6.58. The van der Waals surface area contributed by atoms with E-state index in [0.29, 0.717) is 23.6 Å². The molecule has 1 aliphatic heterocycles. The number of likely N-dealkylation sites (N-methyl/N-ethyl adjacent to an activating group) is 1. The van der Waals surface area contributed by atoms with Gasteiger partial charge >= 0.3 is 5.97 Å². The lowest BCUT2D eigenvalue weighted by Crippen LogP contribution is -2.35. The van der Waals surface area contributed by atoms with E-state index >= 15 is 0 Å². The van der Waals surface area contributed by atoms with Crippen molar-refractivity contribution >= 4 is 17.6 Å². The normalized spacial score (nSPS) is 24.5. The largest absolute Gasteiger partial charge is 0.465 e. The van der Waals surface area contributed by atoms with E-state index in [2.05, 4.69) is 48.2 Å². The van der Waals surface area contributed by atoms with E-state index in [1.165, 1.54) is 23.8 Å². The Bertz CT molecular complexity index is 865. The number of aryl methyl sites for hydroxylation is 1. The number of likely N-dealkylation sites (tertiary alicyclic amines) is 1. The third kappa shape index (κ3) is 3.45. The quantitative estimate of drug-likeness (QED) is 0.724. The first-order valence-electron chi connectivity index (χ1n) is 9.85. The van der Waals surface area contributed by atoms with Crippen LogP contribution in [-0.4, -0.2) is 56.1 Å². The highest BCUT2D eigenvalue weighted by molar-refractivity contribution is 6.31. The van der Waals surface area contributed by atoms with Gasteiger partial charge in [0.05, 0.1) is 12.7 Å². The lowest BCUT2D eigenvalue weighted by molar-refractivity contribution is 0.0600. The van der Waals surface area contributed by atoms with Crippen LogP contribution in [0.1, 0.15) is 45.4 Å². The Kier molecular flexibility index (Phi) is 5.46. The summed E-state index contributed by atoms with van der Waals surface area (Å²) in [4.78, 5) is 16.7. The van der Waals surface area contributed by atoms with Crippen LogP contribution in [0.3, 0.4) is 0 Å². The Morgan fingerprint density at radius 2 is 1.89 bits per heavy atom. The van der Waals surface area contributed by atoms with E-state index in [1.54, 1.807) is 0 Å². The molecule has 0 bridgehead atoms. The third-order valence-corrected chi connectivity index (χ3v) is 6.67. The van der Waals surface area contributed by atoms with Gasteiger partial charge in [-0.05, 0) is 61.8 Å². The SMILES string of the molecule is COC(=O)c1ccc([C@H]2CN(C3CCc4cccc(Cl)c43)C[C@@H]2N(C)C)cc1. The summed E-state index contributed by atoms with van der Waals surface area (Å²) in [7, 11) is 5.72. The molecule has 2 aliphatic rings. The van der Waals surface area contributed by atoms with E-state index in [0.717, 1.165) is 31.0 Å². The van der Waals surface area contributed by atoms with Crippen LogP contribution in [0.5, 0.6) is 0 Å². The number of hydrogen-bond acceptors (Lipinski definition) is 4. The van der Waals surface area contributed by atoms with Gasteiger partial charge < -0.3 is 9.64 Å². The maximum Gasteiger partial charge on any atom is 0.337 e. The first kappa shape index (κ1) is 19.4. The van der Waals surface area contributed by atoms with Gasteiger partial charge in [0.15, 0.2) is 0 Å². The molecule has 3 atom stereocenters. The molecular weight excluding hydrogens is 372 g/mol. The zero-order valence-corrected chi connectivity index (χ0v) is 17.4. The van der Waals surface area contributed by atoms with Crippen molar-refractivity contribution in [3.8, 4) is 0 Å². The predicted octanol–water partition coefficient (Wildman–Crippen LogP) is 4.14. The Balaban J connectivity index is 1.59. The molecule has 0 radical (unpaired) electrons. The number of nitrogens with zero attached hydrogens (tertiary/aromatic N) is 2. The first-order chi connectivity index (χ1) is 13.5. The minimum Gasteiger partial charge on any atom is -0.465 e. The fraction of sp³-hybridized carbons (Fsp3) is 0.435. The molecule has 2 aromatic rings. The highest BCUT2D eigenvalue weighted by atomic mass is 35.5. The Morgan fingerprint density at radius 3 is 2.57 bits per heavy atom. The number of methoxy groups -OCH3 is 1. The number of rotatable bonds is 4. The van der Waals surface area contributed by atoms with Crippen molar-refractivity contribution in [3.05, 3.63) is 69.7 Å². The van der Waals surface area contributed by atoms with Gasteiger partial charge in [0.25, 0.3) is 0 Å². The molecule has 0 N–H and O–H groups in total. The van der Waals surface area contributed by atoms with Crippen LogP contribution < -0.4 is 0 Å². The van der Waals surface area contributed by atoms with E-state index in [9.17, 15) is 4.79 Å². The molecule has 1 saturated heterocycles. The predicted molar refractivity (Wildman–Crippen MR) is 112 cm³/mol. The maximum atomic E-state index is 11.7. The summed E-state index contributed by atoms with van der Waals surface area (Å²) in [5.74, 6) is 0.106. The molecule has 4 rings (SSSR count). The molecule has 4 nitrogen and oxygen atoms in total. The van der Waals surface area contributed by atoms with Crippen LogP contribution >= 0.6 is 11.6 Å². The van der Waals surface area contributed by atoms with Crippen molar-refractivity contribution in [2.45, 2.75) is 30.8 Å². The maximum absolute atomic E-state index is 11.7. The number of hydrogen-bond donors (Lipinski definition) is 0. The molecule has 5 heteroatoms. The molecular formula is C23H27ClN2O2. The lowest BCUT2D eigenvalue weighted by Gasteiger charge is -2.27. The fourth-order valence-electron chi connectivity index (χ4n) is 4.88. The lowest BCUT2D eigenvalue weighted by atomic mass is 9.93. The molecule has 1 heterocycles. The summed E-state index contributed by atoms with van der Waals surface area (Å²) in [6.45, 7) is 2.02. The number of carbonyl (C=O) groups excluding carboxylic acids is 1. The highest BCUT2D eigenvalue weighted by Crippen LogP contribution is 2.44. The van der Waals surface area contributed by atoms with Gasteiger partial charge in [-0.1, -0.05) is 35.9 Å². The van der Waals surface area contributed by atoms with Gasteiger partial charge in [-0.15, -0.1) is 0 Å². The van der Waals surface area contributed by atoms with E-state index in [4.69, 9.17) is 16.3 Å². The summed E-state index contributed by atoms with van der Waals surface area (Å²) in [5.41, 5.74) is 4.58. The first-order valence-corrected chi connectivity index (χ1v) is 10.2. The molecule has 1 aliphatic carbocycles. The topological polar surface area (TPSA) is 32.8 Å². The van der Waals surface area contributed by atoms with Crippen molar-refractivity contribution in [2.24, 2.45) is 0 Å². The molecule has 0 spiro atoms. The molecule has 28 heavy (non-hydrogen) atoms. The molecule has 0 saturated carbocycles. The summed E-state index contributed by atoms with van der Waals surface area (Å²) < 4.78 is 4.82. The second kappa shape index (κ2) is 7.86. The van der Waals surface area contributed by atoms with E-state index in [1.807, 2.05) is 18.2 Å². The van der Waals surface area contributed by atoms with Gasteiger partial charge in [0.1, 0.15) is 0 Å². The van der Waals surface area contributed by atoms with Crippen molar-refractivity contribution in [2.75, 3.05) is 34.3 Å². The average molecular weight is 399 g/mol. The second-order valence-electron chi connectivity index (χ2n) is 8.07. The minimum absolute atomic E-state index is 0.291. The second-order valence-corrected chi connectivity index (χ2v) is 8.48. The Hall–Kier alpha value is -1.88. The number of halogens is 1. The van der Waals surface area contributed by atoms with Gasteiger partial charge in [-0.2, -0.15) is 0 Å². The van der Waals surface area contributed by atoms with Crippen LogP contribution in [0.25, 0.3) is 0 Å². The third-order valence-electron chi connectivity index (χ3n) is 6.34. The zero-order valence-electron chi connectivity index (χ0n) is 16.7. The summed E-state index contributed by atoms with van der Waals surface area (Å²) in [6.07, 6.45) is 2.23. The van der Waals surface area contributed by atoms with Crippen molar-refractivity contribution in [3.63, 3.8) is 0 Å².